The number of thiazole rings is 1. The zero-order valence-corrected chi connectivity index (χ0v) is 19.2. The molecule has 0 fully saturated rings. The molecule has 32 heavy (non-hydrogen) atoms. The van der Waals surface area contributed by atoms with Gasteiger partial charge in [0.15, 0.2) is 0 Å². The molecule has 9 heteroatoms. The summed E-state index contributed by atoms with van der Waals surface area (Å²) in [5.41, 5.74) is 3.58. The summed E-state index contributed by atoms with van der Waals surface area (Å²) in [7, 11) is 1.62. The minimum atomic E-state index is -0.0776. The first-order chi connectivity index (χ1) is 15.6. The summed E-state index contributed by atoms with van der Waals surface area (Å²) in [6.45, 7) is 2.38. The molecule has 1 aromatic carbocycles. The zero-order chi connectivity index (χ0) is 22.3. The first-order valence-corrected chi connectivity index (χ1v) is 11.7. The number of para-hydroxylation sites is 1. The lowest BCUT2D eigenvalue weighted by Crippen LogP contribution is -2.24. The summed E-state index contributed by atoms with van der Waals surface area (Å²) in [5.74, 6) is 0.937. The first-order valence-electron chi connectivity index (χ1n) is 9.87. The summed E-state index contributed by atoms with van der Waals surface area (Å²) in [6.07, 6.45) is 3.54. The van der Waals surface area contributed by atoms with Gasteiger partial charge in [0.2, 0.25) is 5.91 Å². The number of aromatic nitrogens is 4. The number of hydrogen-bond acceptors (Lipinski definition) is 8. The average molecular weight is 464 g/mol. The normalized spacial score (nSPS) is 10.7. The number of pyridine rings is 1. The number of benzene rings is 1. The Balaban J connectivity index is 1.34. The van der Waals surface area contributed by atoms with Crippen LogP contribution in [0.3, 0.4) is 0 Å². The van der Waals surface area contributed by atoms with Crippen molar-refractivity contribution in [3.05, 3.63) is 72.2 Å². The van der Waals surface area contributed by atoms with Gasteiger partial charge in [-0.05, 0) is 37.3 Å². The van der Waals surface area contributed by atoms with Crippen molar-refractivity contribution in [3.63, 3.8) is 0 Å². The molecule has 3 aromatic heterocycles. The Bertz CT molecular complexity index is 1200. The lowest BCUT2D eigenvalue weighted by Gasteiger charge is -2.09. The number of hydrogen-bond donors (Lipinski definition) is 1. The fourth-order valence-corrected chi connectivity index (χ4v) is 4.66. The molecule has 162 valence electrons. The van der Waals surface area contributed by atoms with Gasteiger partial charge in [0.25, 0.3) is 0 Å². The van der Waals surface area contributed by atoms with Gasteiger partial charge in [-0.15, -0.1) is 21.5 Å². The number of ether oxygens (including phenoxy) is 1. The molecule has 0 unspecified atom stereocenters. The third-order valence-corrected chi connectivity index (χ3v) is 6.75. The van der Waals surface area contributed by atoms with Crippen molar-refractivity contribution in [2.45, 2.75) is 18.5 Å². The van der Waals surface area contributed by atoms with Gasteiger partial charge in [-0.2, -0.15) is 0 Å². The van der Waals surface area contributed by atoms with Gasteiger partial charge < -0.3 is 10.1 Å². The minimum Gasteiger partial charge on any atom is -0.496 e. The van der Waals surface area contributed by atoms with Crippen LogP contribution >= 0.6 is 23.1 Å². The lowest BCUT2D eigenvalue weighted by molar-refractivity contribution is -0.118. The van der Waals surface area contributed by atoms with Crippen LogP contribution in [0, 0.1) is 6.92 Å². The van der Waals surface area contributed by atoms with E-state index in [-0.39, 0.29) is 11.7 Å². The fourth-order valence-electron chi connectivity index (χ4n) is 3.00. The predicted molar refractivity (Wildman–Crippen MR) is 127 cm³/mol. The van der Waals surface area contributed by atoms with Crippen molar-refractivity contribution in [2.24, 2.45) is 0 Å². The van der Waals surface area contributed by atoms with E-state index in [2.05, 4.69) is 25.5 Å². The molecule has 7 nitrogen and oxygen atoms in total. The van der Waals surface area contributed by atoms with Crippen molar-refractivity contribution in [1.29, 1.82) is 0 Å². The highest BCUT2D eigenvalue weighted by atomic mass is 32.2. The number of carbonyl (C=O) groups excluding carboxylic acids is 1. The number of nitrogens with one attached hydrogen (secondary N) is 1. The molecule has 4 aromatic rings. The van der Waals surface area contributed by atoms with Crippen molar-refractivity contribution >= 4 is 29.0 Å². The van der Waals surface area contributed by atoms with Crippen LogP contribution in [0.15, 0.2) is 66.0 Å². The monoisotopic (exact) mass is 463 g/mol. The van der Waals surface area contributed by atoms with Crippen LogP contribution in [-0.2, 0) is 11.3 Å². The Labute approximate surface area is 194 Å². The van der Waals surface area contributed by atoms with E-state index in [1.54, 1.807) is 30.8 Å². The average Bonchev–Trinajstić information content (AvgIpc) is 3.24. The summed E-state index contributed by atoms with van der Waals surface area (Å²) < 4.78 is 5.31. The van der Waals surface area contributed by atoms with Crippen LogP contribution in [0.1, 0.15) is 11.3 Å². The second-order valence-corrected chi connectivity index (χ2v) is 8.80. The third-order valence-electron chi connectivity index (χ3n) is 4.60. The Hall–Kier alpha value is -3.30. The summed E-state index contributed by atoms with van der Waals surface area (Å²) in [6, 6.07) is 15.3. The maximum absolute atomic E-state index is 12.2. The Kier molecular flexibility index (Phi) is 7.08. The standard InChI is InChI=1S/C23H21N5O2S2/c1-15-22(32-23(26-15)17-7-5-11-24-12-17)18-9-10-21(28-27-18)31-14-20(29)25-13-16-6-3-4-8-19(16)30-2/h3-12H,13-14H2,1-2H3,(H,25,29). The molecular weight excluding hydrogens is 442 g/mol. The summed E-state index contributed by atoms with van der Waals surface area (Å²) in [5, 5.41) is 13.1. The van der Waals surface area contributed by atoms with E-state index >= 15 is 0 Å². The Morgan fingerprint density at radius 2 is 2.00 bits per heavy atom. The second kappa shape index (κ2) is 10.3. The van der Waals surface area contributed by atoms with Crippen LogP contribution in [0.5, 0.6) is 5.75 Å². The van der Waals surface area contributed by atoms with E-state index < -0.39 is 0 Å². The second-order valence-electron chi connectivity index (χ2n) is 6.81. The quantitative estimate of drug-likeness (QED) is 0.388. The van der Waals surface area contributed by atoms with Gasteiger partial charge in [-0.25, -0.2) is 4.98 Å². The number of methoxy groups -OCH3 is 1. The molecule has 0 saturated heterocycles. The number of rotatable bonds is 8. The zero-order valence-electron chi connectivity index (χ0n) is 17.6. The van der Waals surface area contributed by atoms with Gasteiger partial charge in [-0.1, -0.05) is 30.0 Å². The van der Waals surface area contributed by atoms with Gasteiger partial charge in [0, 0.05) is 30.1 Å². The topological polar surface area (TPSA) is 89.9 Å². The molecule has 0 aliphatic carbocycles. The molecule has 1 amide bonds. The molecule has 0 saturated carbocycles. The van der Waals surface area contributed by atoms with Crippen molar-refractivity contribution in [3.8, 4) is 26.9 Å². The van der Waals surface area contributed by atoms with Gasteiger partial charge >= 0.3 is 0 Å². The number of carbonyl (C=O) groups is 1. The molecule has 3 heterocycles. The minimum absolute atomic E-state index is 0.0776. The van der Waals surface area contributed by atoms with Crippen molar-refractivity contribution in [1.82, 2.24) is 25.5 Å². The molecular formula is C23H21N5O2S2. The SMILES string of the molecule is COc1ccccc1CNC(=O)CSc1ccc(-c2sc(-c3cccnc3)nc2C)nn1. The van der Waals surface area contributed by atoms with E-state index in [1.165, 1.54) is 11.8 Å². The third kappa shape index (κ3) is 5.30. The molecule has 0 radical (unpaired) electrons. The molecule has 0 aliphatic heterocycles. The van der Waals surface area contributed by atoms with Crippen molar-refractivity contribution in [2.75, 3.05) is 12.9 Å². The van der Waals surface area contributed by atoms with Gasteiger partial charge in [-0.3, -0.25) is 9.78 Å². The first kappa shape index (κ1) is 21.9. The molecule has 4 rings (SSSR count). The summed E-state index contributed by atoms with van der Waals surface area (Å²) in [4.78, 5) is 22.0. The van der Waals surface area contributed by atoms with Crippen LogP contribution in [0.2, 0.25) is 0 Å². The van der Waals surface area contributed by atoms with Crippen LogP contribution in [-0.4, -0.2) is 38.9 Å². The highest BCUT2D eigenvalue weighted by Crippen LogP contribution is 2.34. The smallest absolute Gasteiger partial charge is 0.230 e. The molecule has 0 atom stereocenters. The molecule has 1 N–H and O–H groups in total. The van der Waals surface area contributed by atoms with Crippen LogP contribution in [0.25, 0.3) is 21.1 Å². The van der Waals surface area contributed by atoms with Crippen molar-refractivity contribution < 1.29 is 9.53 Å². The Morgan fingerprint density at radius 3 is 2.75 bits per heavy atom. The van der Waals surface area contributed by atoms with E-state index in [1.807, 2.05) is 55.5 Å². The van der Waals surface area contributed by atoms with Gasteiger partial charge in [0.1, 0.15) is 21.5 Å². The lowest BCUT2D eigenvalue weighted by atomic mass is 10.2. The predicted octanol–water partition coefficient (Wildman–Crippen LogP) is 4.39. The molecule has 0 spiro atoms. The van der Waals surface area contributed by atoms with Crippen LogP contribution in [0.4, 0.5) is 0 Å². The maximum Gasteiger partial charge on any atom is 0.230 e. The number of nitrogens with zero attached hydrogens (tertiary/aromatic N) is 4. The molecule has 0 aliphatic rings. The summed E-state index contributed by atoms with van der Waals surface area (Å²) >= 11 is 2.91. The van der Waals surface area contributed by atoms with E-state index in [4.69, 9.17) is 4.74 Å². The largest absolute Gasteiger partial charge is 0.496 e. The van der Waals surface area contributed by atoms with Crippen LogP contribution < -0.4 is 10.1 Å². The maximum atomic E-state index is 12.2. The number of thioether (sulfide) groups is 1. The van der Waals surface area contributed by atoms with E-state index in [9.17, 15) is 4.79 Å². The van der Waals surface area contributed by atoms with E-state index in [0.29, 0.717) is 11.6 Å². The Morgan fingerprint density at radius 1 is 1.12 bits per heavy atom. The van der Waals surface area contributed by atoms with E-state index in [0.717, 1.165) is 38.1 Å². The highest BCUT2D eigenvalue weighted by Gasteiger charge is 2.13. The molecule has 0 bridgehead atoms. The fraction of sp³-hybridized carbons (Fsp3) is 0.174. The number of amides is 1. The number of aryl methyl sites for hydroxylation is 1. The van der Waals surface area contributed by atoms with Gasteiger partial charge in [0.05, 0.1) is 23.4 Å². The highest BCUT2D eigenvalue weighted by molar-refractivity contribution is 7.99.